The number of non-ortho nitro benzene ring substituents is 1. The Balaban J connectivity index is 1.79. The second kappa shape index (κ2) is 8.85. The topological polar surface area (TPSA) is 144 Å². The number of carbonyl (C=O) groups excluding carboxylic acids is 3. The highest BCUT2D eigenvalue weighted by Gasteiger charge is 2.53. The number of hydrogen-bond donors (Lipinski definition) is 0. The van der Waals surface area contributed by atoms with E-state index in [0.29, 0.717) is 6.42 Å². The predicted octanol–water partition coefficient (Wildman–Crippen LogP) is 3.26. The van der Waals surface area contributed by atoms with Gasteiger partial charge >= 0.3 is 0 Å². The van der Waals surface area contributed by atoms with Crippen molar-refractivity contribution in [2.75, 3.05) is 0 Å². The molecule has 1 aliphatic carbocycles. The minimum absolute atomic E-state index is 0.105. The average Bonchev–Trinajstić information content (AvgIpc) is 3.08. The number of allylic oxidation sites excluding steroid dienone is 2. The minimum Gasteiger partial charge on any atom is -0.272 e. The number of carbonyl (C=O) groups is 3. The van der Waals surface area contributed by atoms with Gasteiger partial charge in [0.05, 0.1) is 33.8 Å². The van der Waals surface area contributed by atoms with Crippen LogP contribution in [0, 0.1) is 38.0 Å². The normalized spacial score (nSPS) is 21.3. The molecular formula is C23H20N4O7. The third kappa shape index (κ3) is 3.91. The van der Waals surface area contributed by atoms with E-state index >= 15 is 0 Å². The molecule has 4 rings (SSSR count). The highest BCUT2D eigenvalue weighted by molar-refractivity contribution is 6.08. The summed E-state index contributed by atoms with van der Waals surface area (Å²) in [5.41, 5.74) is -0.657. The van der Waals surface area contributed by atoms with Crippen molar-refractivity contribution < 1.29 is 24.2 Å². The van der Waals surface area contributed by atoms with Crippen molar-refractivity contribution in [3.8, 4) is 0 Å². The van der Waals surface area contributed by atoms with Gasteiger partial charge in [0.1, 0.15) is 0 Å². The zero-order valence-corrected chi connectivity index (χ0v) is 18.1. The minimum atomic E-state index is -0.859. The number of nitro groups is 2. The van der Waals surface area contributed by atoms with Gasteiger partial charge in [-0.05, 0) is 18.4 Å². The molecule has 0 aromatic heterocycles. The maximum Gasteiger partial charge on any atom is 0.274 e. The van der Waals surface area contributed by atoms with E-state index in [1.54, 1.807) is 6.92 Å². The Morgan fingerprint density at radius 1 is 1.06 bits per heavy atom. The third-order valence-electron chi connectivity index (χ3n) is 6.14. The molecule has 0 saturated carbocycles. The summed E-state index contributed by atoms with van der Waals surface area (Å²) in [6.07, 6.45) is 3.99. The number of benzene rings is 2. The number of fused-ring (bicyclic) bond motifs is 1. The Hall–Kier alpha value is -4.41. The molecule has 3 atom stereocenters. The highest BCUT2D eigenvalue weighted by Crippen LogP contribution is 2.40. The molecule has 0 spiro atoms. The van der Waals surface area contributed by atoms with Gasteiger partial charge < -0.3 is 0 Å². The molecule has 2 aromatic rings. The van der Waals surface area contributed by atoms with Crippen LogP contribution < -0.4 is 0 Å². The number of rotatable bonds is 6. The Bertz CT molecular complexity index is 1240. The Morgan fingerprint density at radius 2 is 1.79 bits per heavy atom. The summed E-state index contributed by atoms with van der Waals surface area (Å²) >= 11 is 0. The second-order valence-electron chi connectivity index (χ2n) is 8.20. The van der Waals surface area contributed by atoms with Crippen LogP contribution in [-0.4, -0.2) is 37.6 Å². The largest absolute Gasteiger partial charge is 0.274 e. The molecule has 0 N–H and O–H groups in total. The van der Waals surface area contributed by atoms with Gasteiger partial charge in [-0.1, -0.05) is 43.3 Å². The molecule has 2 aliphatic rings. The van der Waals surface area contributed by atoms with Crippen LogP contribution in [0.25, 0.3) is 0 Å². The van der Waals surface area contributed by atoms with Gasteiger partial charge in [0.2, 0.25) is 0 Å². The Labute approximate surface area is 193 Å². The lowest BCUT2D eigenvalue weighted by atomic mass is 9.78. The molecule has 0 unspecified atom stereocenters. The van der Waals surface area contributed by atoms with Crippen LogP contribution in [0.4, 0.5) is 11.4 Å². The molecule has 0 radical (unpaired) electrons. The lowest BCUT2D eigenvalue weighted by Gasteiger charge is -2.30. The number of nitrogens with zero attached hydrogens (tertiary/aromatic N) is 4. The molecule has 11 heteroatoms. The number of nitro benzene ring substituents is 2. The SMILES string of the molecule is C[C@@H]1C=CC[C@H]2C(=O)N(N(Cc3ccccc3[N+](=O)[O-])C(=O)c3cccc([N+](=O)[O-])c3)C(=O)[C@H]12. The fourth-order valence-electron chi connectivity index (χ4n) is 4.49. The van der Waals surface area contributed by atoms with E-state index in [0.717, 1.165) is 16.1 Å². The standard InChI is InChI=1S/C23H20N4O7/c1-14-6-4-10-18-20(14)23(30)25(22(18)29)24(13-16-7-2-3-11-19(16)27(33)34)21(28)15-8-5-9-17(12-15)26(31)32/h2-9,11-12,14,18,20H,10,13H2,1H3/t14-,18-,20-/m1/s1. The maximum atomic E-state index is 13.5. The maximum absolute atomic E-state index is 13.5. The lowest BCUT2D eigenvalue weighted by molar-refractivity contribution is -0.385. The van der Waals surface area contributed by atoms with Crippen LogP contribution in [0.3, 0.4) is 0 Å². The van der Waals surface area contributed by atoms with Crippen molar-refractivity contribution in [2.45, 2.75) is 19.9 Å². The van der Waals surface area contributed by atoms with Crippen molar-refractivity contribution in [3.63, 3.8) is 0 Å². The molecule has 3 amide bonds. The fraction of sp³-hybridized carbons (Fsp3) is 0.261. The monoisotopic (exact) mass is 464 g/mol. The summed E-state index contributed by atoms with van der Waals surface area (Å²) in [5.74, 6) is -3.57. The van der Waals surface area contributed by atoms with E-state index < -0.39 is 45.9 Å². The molecular weight excluding hydrogens is 444 g/mol. The number of amides is 3. The fourth-order valence-corrected chi connectivity index (χ4v) is 4.49. The van der Waals surface area contributed by atoms with Gasteiger partial charge in [-0.3, -0.25) is 34.6 Å². The van der Waals surface area contributed by atoms with E-state index in [1.165, 1.54) is 42.5 Å². The van der Waals surface area contributed by atoms with E-state index in [9.17, 15) is 34.6 Å². The van der Waals surface area contributed by atoms with Crippen LogP contribution in [-0.2, 0) is 16.1 Å². The number of hydrogen-bond acceptors (Lipinski definition) is 7. The molecule has 1 aliphatic heterocycles. The van der Waals surface area contributed by atoms with Crippen molar-refractivity contribution in [2.24, 2.45) is 17.8 Å². The van der Waals surface area contributed by atoms with Crippen LogP contribution in [0.15, 0.2) is 60.7 Å². The molecule has 1 fully saturated rings. The predicted molar refractivity (Wildman–Crippen MR) is 118 cm³/mol. The van der Waals surface area contributed by atoms with E-state index in [2.05, 4.69) is 0 Å². The van der Waals surface area contributed by atoms with E-state index in [4.69, 9.17) is 0 Å². The summed E-state index contributed by atoms with van der Waals surface area (Å²) in [6, 6.07) is 10.6. The van der Waals surface area contributed by atoms with Crippen LogP contribution in [0.1, 0.15) is 29.3 Å². The number of para-hydroxylation sites is 1. The van der Waals surface area contributed by atoms with Gasteiger partial charge in [-0.2, -0.15) is 5.01 Å². The smallest absolute Gasteiger partial charge is 0.272 e. The number of imide groups is 1. The summed E-state index contributed by atoms with van der Waals surface area (Å²) in [4.78, 5) is 61.6. The van der Waals surface area contributed by atoms with Crippen LogP contribution >= 0.6 is 0 Å². The van der Waals surface area contributed by atoms with Crippen molar-refractivity contribution in [3.05, 3.63) is 92.0 Å². The lowest BCUT2D eigenvalue weighted by Crippen LogP contribution is -2.50. The molecule has 1 heterocycles. The summed E-state index contributed by atoms with van der Waals surface area (Å²) < 4.78 is 0. The quantitative estimate of drug-likeness (QED) is 0.276. The van der Waals surface area contributed by atoms with Gasteiger partial charge in [0.15, 0.2) is 0 Å². The first-order valence-corrected chi connectivity index (χ1v) is 10.5. The van der Waals surface area contributed by atoms with E-state index in [1.807, 2.05) is 12.2 Å². The summed E-state index contributed by atoms with van der Waals surface area (Å²) in [5, 5.41) is 24.4. The van der Waals surface area contributed by atoms with Crippen LogP contribution in [0.2, 0.25) is 0 Å². The molecule has 2 aromatic carbocycles. The summed E-state index contributed by atoms with van der Waals surface area (Å²) in [6.45, 7) is 1.36. The second-order valence-corrected chi connectivity index (χ2v) is 8.20. The zero-order valence-electron chi connectivity index (χ0n) is 18.1. The Kier molecular flexibility index (Phi) is 5.93. The molecule has 1 saturated heterocycles. The summed E-state index contributed by atoms with van der Waals surface area (Å²) in [7, 11) is 0. The Morgan fingerprint density at radius 3 is 2.47 bits per heavy atom. The number of hydrazine groups is 1. The van der Waals surface area contributed by atoms with Gasteiger partial charge in [-0.15, -0.1) is 0 Å². The molecule has 11 nitrogen and oxygen atoms in total. The molecule has 0 bridgehead atoms. The third-order valence-corrected chi connectivity index (χ3v) is 6.14. The van der Waals surface area contributed by atoms with Crippen molar-refractivity contribution in [1.82, 2.24) is 10.0 Å². The molecule has 34 heavy (non-hydrogen) atoms. The van der Waals surface area contributed by atoms with Crippen molar-refractivity contribution in [1.29, 1.82) is 0 Å². The zero-order chi connectivity index (χ0) is 24.6. The molecule has 174 valence electrons. The average molecular weight is 464 g/mol. The van der Waals surface area contributed by atoms with Crippen molar-refractivity contribution >= 4 is 29.1 Å². The van der Waals surface area contributed by atoms with Crippen LogP contribution in [0.5, 0.6) is 0 Å². The highest BCUT2D eigenvalue weighted by atomic mass is 16.6. The van der Waals surface area contributed by atoms with E-state index in [-0.39, 0.29) is 28.4 Å². The first-order chi connectivity index (χ1) is 16.2. The first kappa shape index (κ1) is 22.8. The first-order valence-electron chi connectivity index (χ1n) is 10.5. The van der Waals surface area contributed by atoms with Gasteiger partial charge in [0, 0.05) is 23.8 Å². The van der Waals surface area contributed by atoms with Gasteiger partial charge in [-0.25, -0.2) is 5.01 Å². The van der Waals surface area contributed by atoms with Gasteiger partial charge in [0.25, 0.3) is 29.1 Å².